The molecule has 4 aromatic rings. The third-order valence-corrected chi connectivity index (χ3v) is 7.83. The number of H-pyrrole nitrogens is 1. The van der Waals surface area contributed by atoms with Crippen molar-refractivity contribution in [3.63, 3.8) is 0 Å². The van der Waals surface area contributed by atoms with Gasteiger partial charge in [0, 0.05) is 34.3 Å². The predicted octanol–water partition coefficient (Wildman–Crippen LogP) is 4.06. The monoisotopic (exact) mass is 581 g/mol. The first-order chi connectivity index (χ1) is 17.9. The number of nitrogens with one attached hydrogen (secondary N) is 1. The molecule has 190 valence electrons. The van der Waals surface area contributed by atoms with Crippen LogP contribution < -0.4 is 24.4 Å². The van der Waals surface area contributed by atoms with Crippen LogP contribution in [0.5, 0.6) is 11.5 Å². The maximum Gasteiger partial charge on any atom is 0.338 e. The van der Waals surface area contributed by atoms with E-state index in [1.165, 1.54) is 18.4 Å². The molecule has 2 aromatic heterocycles. The summed E-state index contributed by atoms with van der Waals surface area (Å²) in [6.45, 7) is 3.68. The van der Waals surface area contributed by atoms with Gasteiger partial charge in [0.15, 0.2) is 4.80 Å². The Morgan fingerprint density at radius 1 is 1.22 bits per heavy atom. The fourth-order valence-electron chi connectivity index (χ4n) is 4.54. The van der Waals surface area contributed by atoms with Gasteiger partial charge in [0.25, 0.3) is 5.56 Å². The lowest BCUT2D eigenvalue weighted by atomic mass is 9.95. The van der Waals surface area contributed by atoms with E-state index in [9.17, 15) is 9.59 Å². The van der Waals surface area contributed by atoms with E-state index in [0.717, 1.165) is 16.5 Å². The first-order valence-corrected chi connectivity index (χ1v) is 13.2. The second kappa shape index (κ2) is 10.0. The first-order valence-electron chi connectivity index (χ1n) is 11.5. The molecule has 8 nitrogen and oxygen atoms in total. The van der Waals surface area contributed by atoms with E-state index < -0.39 is 12.0 Å². The van der Waals surface area contributed by atoms with Crippen molar-refractivity contribution in [3.8, 4) is 11.5 Å². The standard InChI is InChI=1S/C27H24BrN3O5S/c1-5-36-26(33)23-14(2)30-27-31(24(23)17-11-18(28)21(35-4)12-20(17)34-3)25(32)22(37-27)10-15-13-29-19-9-7-6-8-16(15)19/h6-13,24,29H,5H2,1-4H3/b22-10+/t24-/m1/s1. The Morgan fingerprint density at radius 3 is 2.70 bits per heavy atom. The second-order valence-electron chi connectivity index (χ2n) is 8.32. The number of aromatic nitrogens is 2. The highest BCUT2D eigenvalue weighted by atomic mass is 79.9. The van der Waals surface area contributed by atoms with Gasteiger partial charge in [0.2, 0.25) is 0 Å². The normalized spacial score (nSPS) is 15.5. The van der Waals surface area contributed by atoms with E-state index in [2.05, 4.69) is 25.9 Å². The number of carbonyl (C=O) groups excluding carboxylic acids is 1. The van der Waals surface area contributed by atoms with E-state index in [1.54, 1.807) is 37.7 Å². The van der Waals surface area contributed by atoms with Crippen molar-refractivity contribution in [2.24, 2.45) is 4.99 Å². The van der Waals surface area contributed by atoms with E-state index in [4.69, 9.17) is 14.2 Å². The Kier molecular flexibility index (Phi) is 6.78. The predicted molar refractivity (Wildman–Crippen MR) is 146 cm³/mol. The van der Waals surface area contributed by atoms with Gasteiger partial charge in [-0.25, -0.2) is 9.79 Å². The molecule has 5 rings (SSSR count). The van der Waals surface area contributed by atoms with Gasteiger partial charge in [-0.1, -0.05) is 29.5 Å². The van der Waals surface area contributed by atoms with Gasteiger partial charge in [-0.2, -0.15) is 0 Å². The fourth-order valence-corrected chi connectivity index (χ4v) is 6.10. The molecule has 0 amide bonds. The molecular weight excluding hydrogens is 558 g/mol. The van der Waals surface area contributed by atoms with Gasteiger partial charge in [0.1, 0.15) is 17.5 Å². The number of nitrogens with zero attached hydrogens (tertiary/aromatic N) is 2. The number of para-hydroxylation sites is 1. The number of methoxy groups -OCH3 is 2. The van der Waals surface area contributed by atoms with Crippen LogP contribution in [0.1, 0.15) is 31.0 Å². The largest absolute Gasteiger partial charge is 0.496 e. The summed E-state index contributed by atoms with van der Waals surface area (Å²) in [6, 6.07) is 10.6. The molecule has 1 N–H and O–H groups in total. The first kappa shape index (κ1) is 25.0. The van der Waals surface area contributed by atoms with Crippen molar-refractivity contribution in [2.45, 2.75) is 19.9 Å². The third-order valence-electron chi connectivity index (χ3n) is 6.22. The molecule has 10 heteroatoms. The molecule has 2 aromatic carbocycles. The Labute approximate surface area is 224 Å². The van der Waals surface area contributed by atoms with Crippen molar-refractivity contribution < 1.29 is 19.0 Å². The summed E-state index contributed by atoms with van der Waals surface area (Å²) in [6.07, 6.45) is 3.73. The van der Waals surface area contributed by atoms with Crippen molar-refractivity contribution in [2.75, 3.05) is 20.8 Å². The number of fused-ring (bicyclic) bond motifs is 2. The molecule has 0 fully saturated rings. The summed E-state index contributed by atoms with van der Waals surface area (Å²) in [5, 5.41) is 1.01. The van der Waals surface area contributed by atoms with Gasteiger partial charge >= 0.3 is 5.97 Å². The van der Waals surface area contributed by atoms with E-state index >= 15 is 0 Å². The van der Waals surface area contributed by atoms with Gasteiger partial charge in [-0.3, -0.25) is 9.36 Å². The second-order valence-corrected chi connectivity index (χ2v) is 10.2. The van der Waals surface area contributed by atoms with Crippen LogP contribution in [0.25, 0.3) is 17.0 Å². The Bertz CT molecular complexity index is 1750. The van der Waals surface area contributed by atoms with Gasteiger partial charge in [-0.15, -0.1) is 0 Å². The summed E-state index contributed by atoms with van der Waals surface area (Å²) in [7, 11) is 3.09. The highest BCUT2D eigenvalue weighted by Gasteiger charge is 2.35. The number of halogens is 1. The van der Waals surface area contributed by atoms with Crippen LogP contribution in [0.15, 0.2) is 68.1 Å². The van der Waals surface area contributed by atoms with Crippen LogP contribution >= 0.6 is 27.3 Å². The molecule has 37 heavy (non-hydrogen) atoms. The molecule has 0 saturated carbocycles. The van der Waals surface area contributed by atoms with Gasteiger partial charge in [0.05, 0.1) is 41.1 Å². The molecule has 3 heterocycles. The van der Waals surface area contributed by atoms with Crippen molar-refractivity contribution >= 4 is 50.2 Å². The quantitative estimate of drug-likeness (QED) is 0.346. The Hall–Kier alpha value is -3.63. The average Bonchev–Trinajstić information content (AvgIpc) is 3.43. The molecule has 0 spiro atoms. The number of aromatic amines is 1. The minimum absolute atomic E-state index is 0.191. The minimum Gasteiger partial charge on any atom is -0.496 e. The maximum absolute atomic E-state index is 13.9. The lowest BCUT2D eigenvalue weighted by molar-refractivity contribution is -0.139. The van der Waals surface area contributed by atoms with Crippen molar-refractivity contribution in [1.82, 2.24) is 9.55 Å². The minimum atomic E-state index is -0.808. The van der Waals surface area contributed by atoms with Crippen LogP contribution in [-0.4, -0.2) is 36.3 Å². The Morgan fingerprint density at radius 2 is 1.97 bits per heavy atom. The molecule has 1 aliphatic rings. The zero-order chi connectivity index (χ0) is 26.3. The van der Waals surface area contributed by atoms with Crippen LogP contribution in [0.4, 0.5) is 0 Å². The number of benzene rings is 2. The van der Waals surface area contributed by atoms with E-state index in [0.29, 0.717) is 36.6 Å². The molecule has 0 bridgehead atoms. The average molecular weight is 582 g/mol. The van der Waals surface area contributed by atoms with Crippen molar-refractivity contribution in [3.05, 3.63) is 89.2 Å². The number of thiazole rings is 1. The lowest BCUT2D eigenvalue weighted by Gasteiger charge is -2.26. The van der Waals surface area contributed by atoms with E-state index in [-0.39, 0.29) is 17.7 Å². The molecular formula is C27H24BrN3O5S. The summed E-state index contributed by atoms with van der Waals surface area (Å²) in [5.74, 6) is 0.493. The summed E-state index contributed by atoms with van der Waals surface area (Å²) >= 11 is 4.81. The maximum atomic E-state index is 13.9. The number of hydrogen-bond donors (Lipinski definition) is 1. The number of ether oxygens (including phenoxy) is 3. The number of carbonyl (C=O) groups is 1. The highest BCUT2D eigenvalue weighted by molar-refractivity contribution is 9.10. The van der Waals surface area contributed by atoms with Crippen molar-refractivity contribution in [1.29, 1.82) is 0 Å². The number of esters is 1. The molecule has 1 aliphatic heterocycles. The van der Waals surface area contributed by atoms with E-state index in [1.807, 2.05) is 36.5 Å². The fraction of sp³-hybridized carbons (Fsp3) is 0.222. The highest BCUT2D eigenvalue weighted by Crippen LogP contribution is 2.41. The molecule has 0 aliphatic carbocycles. The third kappa shape index (κ3) is 4.30. The van der Waals surface area contributed by atoms with Crippen LogP contribution in [0, 0.1) is 0 Å². The summed E-state index contributed by atoms with van der Waals surface area (Å²) < 4.78 is 19.2. The number of allylic oxidation sites excluding steroid dienone is 1. The molecule has 0 radical (unpaired) electrons. The summed E-state index contributed by atoms with van der Waals surface area (Å²) in [5.41, 5.74) is 2.98. The van der Waals surface area contributed by atoms with Gasteiger partial charge < -0.3 is 19.2 Å². The smallest absolute Gasteiger partial charge is 0.338 e. The van der Waals surface area contributed by atoms with Crippen LogP contribution in [0.2, 0.25) is 0 Å². The topological polar surface area (TPSA) is 94.9 Å². The molecule has 1 atom stereocenters. The zero-order valence-electron chi connectivity index (χ0n) is 20.6. The van der Waals surface area contributed by atoms with Crippen LogP contribution in [-0.2, 0) is 9.53 Å². The summed E-state index contributed by atoms with van der Waals surface area (Å²) in [4.78, 5) is 35.5. The SMILES string of the molecule is CCOC(=O)C1=C(C)N=c2s/c(=C/c3c[nH]c4ccccc34)c(=O)n2[C@@H]1c1cc(Br)c(OC)cc1OC. The molecule has 0 unspecified atom stereocenters. The number of hydrogen-bond acceptors (Lipinski definition) is 7. The van der Waals surface area contributed by atoms with Gasteiger partial charge in [-0.05, 0) is 48.0 Å². The Balaban J connectivity index is 1.79. The van der Waals surface area contributed by atoms with Crippen LogP contribution in [0.3, 0.4) is 0 Å². The zero-order valence-corrected chi connectivity index (χ0v) is 23.0. The lowest BCUT2D eigenvalue weighted by Crippen LogP contribution is -2.40. The molecule has 0 saturated heterocycles. The number of rotatable bonds is 6.